The maximum absolute atomic E-state index is 12.2. The first-order valence-electron chi connectivity index (χ1n) is 5.74. The van der Waals surface area contributed by atoms with Crippen LogP contribution in [0.15, 0.2) is 29.2 Å². The van der Waals surface area contributed by atoms with Crippen LogP contribution < -0.4 is 5.43 Å². The molecule has 2 aromatic rings. The summed E-state index contributed by atoms with van der Waals surface area (Å²) < 4.78 is 1.92. The Hall–Kier alpha value is -2.41. The molecule has 0 atom stereocenters. The minimum absolute atomic E-state index is 0.0892. The highest BCUT2D eigenvalue weighted by Crippen LogP contribution is 2.11. The van der Waals surface area contributed by atoms with Crippen molar-refractivity contribution in [3.8, 4) is 6.07 Å². The van der Waals surface area contributed by atoms with Crippen LogP contribution in [-0.4, -0.2) is 9.55 Å². The monoisotopic (exact) mass is 239 g/mol. The van der Waals surface area contributed by atoms with Crippen LogP contribution in [0.5, 0.6) is 0 Å². The van der Waals surface area contributed by atoms with E-state index in [2.05, 4.69) is 4.98 Å². The Balaban J connectivity index is 2.83. The van der Waals surface area contributed by atoms with Gasteiger partial charge in [-0.15, -0.1) is 0 Å². The van der Waals surface area contributed by atoms with Gasteiger partial charge in [-0.05, 0) is 32.1 Å². The van der Waals surface area contributed by atoms with Crippen molar-refractivity contribution in [2.75, 3.05) is 0 Å². The summed E-state index contributed by atoms with van der Waals surface area (Å²) >= 11 is 0. The number of hydrogen-bond donors (Lipinski definition) is 0. The number of aryl methyl sites for hydroxylation is 2. The third-order valence-corrected chi connectivity index (χ3v) is 2.77. The molecule has 0 bridgehead atoms. The number of fused-ring (bicyclic) bond motifs is 1. The lowest BCUT2D eigenvalue weighted by molar-refractivity contribution is 0.774. The third-order valence-electron chi connectivity index (χ3n) is 2.77. The topological polar surface area (TPSA) is 58.7 Å². The number of allylic oxidation sites excluding steroid dienone is 1. The van der Waals surface area contributed by atoms with Crippen molar-refractivity contribution in [3.05, 3.63) is 45.9 Å². The van der Waals surface area contributed by atoms with E-state index in [-0.39, 0.29) is 5.43 Å². The van der Waals surface area contributed by atoms with E-state index in [9.17, 15) is 4.79 Å². The first-order valence-corrected chi connectivity index (χ1v) is 5.74. The lowest BCUT2D eigenvalue weighted by Crippen LogP contribution is -2.13. The largest absolute Gasteiger partial charge is 0.332 e. The first kappa shape index (κ1) is 12.1. The Morgan fingerprint density at radius 1 is 1.50 bits per heavy atom. The number of nitriles is 1. The zero-order valence-electron chi connectivity index (χ0n) is 10.3. The number of pyridine rings is 2. The van der Waals surface area contributed by atoms with Crippen molar-refractivity contribution in [1.82, 2.24) is 9.55 Å². The van der Waals surface area contributed by atoms with Crippen LogP contribution in [0.2, 0.25) is 0 Å². The van der Waals surface area contributed by atoms with Crippen molar-refractivity contribution >= 4 is 17.1 Å². The fraction of sp³-hybridized carbons (Fsp3) is 0.214. The summed E-state index contributed by atoms with van der Waals surface area (Å²) in [5.74, 6) is 0. The van der Waals surface area contributed by atoms with Gasteiger partial charge in [-0.3, -0.25) is 4.79 Å². The molecule has 0 N–H and O–H groups in total. The molecule has 2 heterocycles. The van der Waals surface area contributed by atoms with E-state index in [4.69, 9.17) is 5.26 Å². The third kappa shape index (κ3) is 2.03. The summed E-state index contributed by atoms with van der Waals surface area (Å²) in [5.41, 5.74) is 1.99. The fourth-order valence-corrected chi connectivity index (χ4v) is 1.87. The van der Waals surface area contributed by atoms with Crippen LogP contribution in [0.1, 0.15) is 18.2 Å². The Labute approximate surface area is 105 Å². The molecule has 0 aliphatic carbocycles. The smallest absolute Gasteiger partial charge is 0.198 e. The van der Waals surface area contributed by atoms with Gasteiger partial charge in [0.2, 0.25) is 0 Å². The van der Waals surface area contributed by atoms with Crippen LogP contribution >= 0.6 is 0 Å². The van der Waals surface area contributed by atoms with Crippen molar-refractivity contribution in [1.29, 1.82) is 5.26 Å². The molecule has 4 heteroatoms. The first-order chi connectivity index (χ1) is 8.67. The predicted octanol–water partition coefficient (Wildman–Crippen LogP) is 2.26. The van der Waals surface area contributed by atoms with Gasteiger partial charge in [-0.2, -0.15) is 5.26 Å². The average molecular weight is 239 g/mol. The second-order valence-corrected chi connectivity index (χ2v) is 3.99. The maximum atomic E-state index is 12.2. The average Bonchev–Trinajstić information content (AvgIpc) is 2.38. The van der Waals surface area contributed by atoms with Crippen LogP contribution in [0.4, 0.5) is 0 Å². The minimum atomic E-state index is -0.0892. The Bertz CT molecular complexity index is 720. The Kier molecular flexibility index (Phi) is 3.24. The zero-order valence-corrected chi connectivity index (χ0v) is 10.3. The standard InChI is InChI=1S/C14H13N3O/c1-3-17-9-11(5-4-8-15)13(18)12-7-6-10(2)16-14(12)17/h4-7,9H,3H2,1-2H3/b5-4+. The van der Waals surface area contributed by atoms with E-state index in [0.717, 1.165) is 12.2 Å². The highest BCUT2D eigenvalue weighted by Gasteiger charge is 2.07. The Morgan fingerprint density at radius 3 is 2.94 bits per heavy atom. The predicted molar refractivity (Wildman–Crippen MR) is 71.1 cm³/mol. The van der Waals surface area contributed by atoms with Gasteiger partial charge in [0.15, 0.2) is 5.43 Å². The van der Waals surface area contributed by atoms with Gasteiger partial charge in [0.25, 0.3) is 0 Å². The van der Waals surface area contributed by atoms with Gasteiger partial charge in [0.1, 0.15) is 5.65 Å². The molecule has 0 fully saturated rings. The molecule has 0 aliphatic rings. The molecule has 0 aliphatic heterocycles. The van der Waals surface area contributed by atoms with Crippen molar-refractivity contribution in [2.24, 2.45) is 0 Å². The summed E-state index contributed by atoms with van der Waals surface area (Å²) in [7, 11) is 0. The Morgan fingerprint density at radius 2 is 2.28 bits per heavy atom. The second kappa shape index (κ2) is 4.84. The summed E-state index contributed by atoms with van der Waals surface area (Å²) in [6.45, 7) is 4.61. The van der Waals surface area contributed by atoms with Gasteiger partial charge < -0.3 is 4.57 Å². The number of nitrogens with zero attached hydrogens (tertiary/aromatic N) is 3. The lowest BCUT2D eigenvalue weighted by Gasteiger charge is -2.09. The van der Waals surface area contributed by atoms with Crippen molar-refractivity contribution in [2.45, 2.75) is 20.4 Å². The molecule has 0 saturated heterocycles. The summed E-state index contributed by atoms with van der Waals surface area (Å²) in [5, 5.41) is 9.12. The maximum Gasteiger partial charge on any atom is 0.198 e. The molecule has 4 nitrogen and oxygen atoms in total. The van der Waals surface area contributed by atoms with E-state index in [1.807, 2.05) is 30.6 Å². The van der Waals surface area contributed by atoms with Crippen LogP contribution in [0.3, 0.4) is 0 Å². The second-order valence-electron chi connectivity index (χ2n) is 3.99. The van der Waals surface area contributed by atoms with Crippen molar-refractivity contribution in [3.63, 3.8) is 0 Å². The van der Waals surface area contributed by atoms with E-state index < -0.39 is 0 Å². The van der Waals surface area contributed by atoms with Crippen LogP contribution in [0.25, 0.3) is 17.1 Å². The molecule has 0 unspecified atom stereocenters. The highest BCUT2D eigenvalue weighted by molar-refractivity contribution is 5.78. The zero-order chi connectivity index (χ0) is 13.1. The van der Waals surface area contributed by atoms with Gasteiger partial charge in [-0.25, -0.2) is 4.98 Å². The molecule has 0 spiro atoms. The molecule has 0 radical (unpaired) electrons. The van der Waals surface area contributed by atoms with Crippen LogP contribution in [0, 0.1) is 18.3 Å². The molecule has 18 heavy (non-hydrogen) atoms. The quantitative estimate of drug-likeness (QED) is 0.755. The number of hydrogen-bond acceptors (Lipinski definition) is 3. The SMILES string of the molecule is CCn1cc(/C=C/C#N)c(=O)c2ccc(C)nc21. The van der Waals surface area contributed by atoms with Gasteiger partial charge in [-0.1, -0.05) is 0 Å². The van der Waals surface area contributed by atoms with E-state index >= 15 is 0 Å². The van der Waals surface area contributed by atoms with Gasteiger partial charge >= 0.3 is 0 Å². The normalized spacial score (nSPS) is 10.9. The molecule has 2 aromatic heterocycles. The van der Waals surface area contributed by atoms with E-state index in [0.29, 0.717) is 16.6 Å². The number of rotatable bonds is 2. The molecule has 2 rings (SSSR count). The summed E-state index contributed by atoms with van der Waals surface area (Å²) in [4.78, 5) is 16.6. The molecule has 0 aromatic carbocycles. The highest BCUT2D eigenvalue weighted by atomic mass is 16.1. The summed E-state index contributed by atoms with van der Waals surface area (Å²) in [6.07, 6.45) is 4.59. The van der Waals surface area contributed by atoms with Gasteiger partial charge in [0.05, 0.1) is 11.5 Å². The number of aromatic nitrogens is 2. The van der Waals surface area contributed by atoms with Crippen LogP contribution in [-0.2, 0) is 6.54 Å². The molecular weight excluding hydrogens is 226 g/mol. The van der Waals surface area contributed by atoms with Crippen molar-refractivity contribution < 1.29 is 0 Å². The molecular formula is C14H13N3O. The molecule has 0 amide bonds. The fourth-order valence-electron chi connectivity index (χ4n) is 1.87. The minimum Gasteiger partial charge on any atom is -0.332 e. The lowest BCUT2D eigenvalue weighted by atomic mass is 10.1. The van der Waals surface area contributed by atoms with E-state index in [1.165, 1.54) is 12.2 Å². The summed E-state index contributed by atoms with van der Waals surface area (Å²) in [6, 6.07) is 5.50. The molecule has 0 saturated carbocycles. The van der Waals surface area contributed by atoms with Gasteiger partial charge in [0, 0.05) is 30.1 Å². The van der Waals surface area contributed by atoms with E-state index in [1.54, 1.807) is 12.3 Å². The molecule has 90 valence electrons.